The summed E-state index contributed by atoms with van der Waals surface area (Å²) in [6.45, 7) is 4.04. The van der Waals surface area contributed by atoms with Crippen molar-refractivity contribution < 1.29 is 5.11 Å². The Kier molecular flexibility index (Phi) is 4.61. The van der Waals surface area contributed by atoms with E-state index >= 15 is 0 Å². The number of anilines is 1. The van der Waals surface area contributed by atoms with E-state index < -0.39 is 0 Å². The van der Waals surface area contributed by atoms with Gasteiger partial charge >= 0.3 is 0 Å². The Balaban J connectivity index is 2.74. The molecule has 0 heterocycles. The lowest BCUT2D eigenvalue weighted by atomic mass is 9.96. The summed E-state index contributed by atoms with van der Waals surface area (Å²) in [6, 6.07) is 7.64. The molecular formula is C16H17BrClNO. The van der Waals surface area contributed by atoms with Crippen molar-refractivity contribution in [1.29, 1.82) is 0 Å². The van der Waals surface area contributed by atoms with Crippen molar-refractivity contribution >= 4 is 33.2 Å². The highest BCUT2D eigenvalue weighted by Crippen LogP contribution is 2.40. The number of hydrogen-bond acceptors (Lipinski definition) is 2. The molecule has 0 aliphatic heterocycles. The standard InChI is InChI=1S/C16H17BrClNO/c1-4-10-5-11(17)6-14(16(10)20)13-7-12(18)8-15(19-3)9(13)2/h5-8,19-20H,4H2,1-3H3. The first-order chi connectivity index (χ1) is 9.47. The Bertz CT molecular complexity index is 598. The van der Waals surface area contributed by atoms with Gasteiger partial charge in [-0.15, -0.1) is 0 Å². The van der Waals surface area contributed by atoms with Crippen LogP contribution in [0.25, 0.3) is 11.1 Å². The largest absolute Gasteiger partial charge is 0.507 e. The molecule has 4 heteroatoms. The summed E-state index contributed by atoms with van der Waals surface area (Å²) in [6.07, 6.45) is 0.775. The van der Waals surface area contributed by atoms with Crippen molar-refractivity contribution in [2.45, 2.75) is 20.3 Å². The fourth-order valence-corrected chi connectivity index (χ4v) is 3.07. The maximum Gasteiger partial charge on any atom is 0.126 e. The third-order valence-electron chi connectivity index (χ3n) is 3.47. The van der Waals surface area contributed by atoms with Crippen LogP contribution in [0, 0.1) is 6.92 Å². The smallest absolute Gasteiger partial charge is 0.126 e. The van der Waals surface area contributed by atoms with Crippen LogP contribution in [0.3, 0.4) is 0 Å². The molecule has 0 unspecified atom stereocenters. The van der Waals surface area contributed by atoms with Gasteiger partial charge in [-0.1, -0.05) is 34.5 Å². The van der Waals surface area contributed by atoms with Crippen LogP contribution in [0.15, 0.2) is 28.7 Å². The molecule has 0 aliphatic rings. The quantitative estimate of drug-likeness (QED) is 0.774. The topological polar surface area (TPSA) is 32.3 Å². The lowest BCUT2D eigenvalue weighted by molar-refractivity contribution is 0.471. The Morgan fingerprint density at radius 2 is 1.90 bits per heavy atom. The number of halogens is 2. The van der Waals surface area contributed by atoms with E-state index in [0.717, 1.165) is 38.8 Å². The predicted octanol–water partition coefficient (Wildman–Crippen LogP) is 5.39. The highest BCUT2D eigenvalue weighted by atomic mass is 79.9. The van der Waals surface area contributed by atoms with E-state index in [1.807, 2.05) is 45.2 Å². The van der Waals surface area contributed by atoms with Crippen LogP contribution in [-0.4, -0.2) is 12.2 Å². The van der Waals surface area contributed by atoms with Gasteiger partial charge < -0.3 is 10.4 Å². The highest BCUT2D eigenvalue weighted by molar-refractivity contribution is 9.10. The Morgan fingerprint density at radius 1 is 1.20 bits per heavy atom. The molecule has 106 valence electrons. The zero-order valence-electron chi connectivity index (χ0n) is 11.7. The van der Waals surface area contributed by atoms with Crippen molar-refractivity contribution in [3.63, 3.8) is 0 Å². The number of hydrogen-bond donors (Lipinski definition) is 2. The molecule has 2 aromatic rings. The number of rotatable bonds is 3. The van der Waals surface area contributed by atoms with Crippen LogP contribution in [0.5, 0.6) is 5.75 Å². The molecule has 0 amide bonds. The van der Waals surface area contributed by atoms with Crippen molar-refractivity contribution in [3.8, 4) is 16.9 Å². The summed E-state index contributed by atoms with van der Waals surface area (Å²) < 4.78 is 0.951. The van der Waals surface area contributed by atoms with Crippen molar-refractivity contribution in [2.24, 2.45) is 0 Å². The predicted molar refractivity (Wildman–Crippen MR) is 89.9 cm³/mol. The van der Waals surface area contributed by atoms with E-state index in [1.165, 1.54) is 0 Å². The van der Waals surface area contributed by atoms with Gasteiger partial charge in [0.25, 0.3) is 0 Å². The molecule has 0 fully saturated rings. The highest BCUT2D eigenvalue weighted by Gasteiger charge is 2.14. The number of aryl methyl sites for hydroxylation is 1. The summed E-state index contributed by atoms with van der Waals surface area (Å²) in [5, 5.41) is 14.2. The van der Waals surface area contributed by atoms with Gasteiger partial charge in [-0.25, -0.2) is 0 Å². The van der Waals surface area contributed by atoms with E-state index in [-0.39, 0.29) is 0 Å². The average Bonchev–Trinajstić information content (AvgIpc) is 2.43. The fourth-order valence-electron chi connectivity index (χ4n) is 2.35. The molecule has 2 rings (SSSR count). The van der Waals surface area contributed by atoms with Crippen LogP contribution < -0.4 is 5.32 Å². The molecule has 2 N–H and O–H groups in total. The molecular weight excluding hydrogens is 338 g/mol. The second-order valence-corrected chi connectivity index (χ2v) is 6.04. The third-order valence-corrected chi connectivity index (χ3v) is 4.14. The summed E-state index contributed by atoms with van der Waals surface area (Å²) in [7, 11) is 1.86. The normalized spacial score (nSPS) is 10.7. The number of phenolic OH excluding ortho intramolecular Hbond substituents is 1. The zero-order valence-corrected chi connectivity index (χ0v) is 14.1. The van der Waals surface area contributed by atoms with Crippen molar-refractivity contribution in [2.75, 3.05) is 12.4 Å². The molecule has 0 saturated heterocycles. The number of nitrogens with one attached hydrogen (secondary N) is 1. The molecule has 0 bridgehead atoms. The summed E-state index contributed by atoms with van der Waals surface area (Å²) in [5.41, 5.74) is 4.68. The summed E-state index contributed by atoms with van der Waals surface area (Å²) >= 11 is 9.69. The van der Waals surface area contributed by atoms with Crippen LogP contribution in [-0.2, 0) is 6.42 Å². The average molecular weight is 355 g/mol. The second-order valence-electron chi connectivity index (χ2n) is 4.69. The van der Waals surface area contributed by atoms with Crippen LogP contribution in [0.2, 0.25) is 5.02 Å². The summed E-state index contributed by atoms with van der Waals surface area (Å²) in [5.74, 6) is 0.322. The Labute approximate surface area is 132 Å². The van der Waals surface area contributed by atoms with Gasteiger partial charge in [0.15, 0.2) is 0 Å². The Hall–Kier alpha value is -1.19. The first-order valence-electron chi connectivity index (χ1n) is 6.47. The molecule has 0 radical (unpaired) electrons. The maximum absolute atomic E-state index is 10.5. The van der Waals surface area contributed by atoms with E-state index in [2.05, 4.69) is 21.2 Å². The lowest BCUT2D eigenvalue weighted by Crippen LogP contribution is -1.95. The van der Waals surface area contributed by atoms with Gasteiger partial charge in [0.2, 0.25) is 0 Å². The Morgan fingerprint density at radius 3 is 2.50 bits per heavy atom. The van der Waals surface area contributed by atoms with E-state index in [9.17, 15) is 5.11 Å². The second kappa shape index (κ2) is 6.06. The zero-order chi connectivity index (χ0) is 14.9. The molecule has 2 aromatic carbocycles. The van der Waals surface area contributed by atoms with Gasteiger partial charge in [-0.2, -0.15) is 0 Å². The monoisotopic (exact) mass is 353 g/mol. The minimum Gasteiger partial charge on any atom is -0.507 e. The molecule has 0 spiro atoms. The minimum atomic E-state index is 0.322. The van der Waals surface area contributed by atoms with E-state index in [4.69, 9.17) is 11.6 Å². The van der Waals surface area contributed by atoms with Gasteiger partial charge in [-0.05, 0) is 54.3 Å². The van der Waals surface area contributed by atoms with Gasteiger partial charge in [0, 0.05) is 27.8 Å². The van der Waals surface area contributed by atoms with Crippen molar-refractivity contribution in [1.82, 2.24) is 0 Å². The number of benzene rings is 2. The van der Waals surface area contributed by atoms with E-state index in [0.29, 0.717) is 10.8 Å². The molecule has 0 aliphatic carbocycles. The lowest BCUT2D eigenvalue weighted by Gasteiger charge is -2.15. The van der Waals surface area contributed by atoms with Gasteiger partial charge in [-0.3, -0.25) is 0 Å². The molecule has 0 saturated carbocycles. The van der Waals surface area contributed by atoms with Crippen molar-refractivity contribution in [3.05, 3.63) is 44.9 Å². The van der Waals surface area contributed by atoms with Crippen LogP contribution in [0.4, 0.5) is 5.69 Å². The van der Waals surface area contributed by atoms with Gasteiger partial charge in [0.05, 0.1) is 0 Å². The molecule has 2 nitrogen and oxygen atoms in total. The third kappa shape index (κ3) is 2.79. The molecule has 0 atom stereocenters. The molecule has 0 aromatic heterocycles. The SMILES string of the molecule is CCc1cc(Br)cc(-c2cc(Cl)cc(NC)c2C)c1O. The van der Waals surface area contributed by atoms with Gasteiger partial charge in [0.1, 0.15) is 5.75 Å². The van der Waals surface area contributed by atoms with Crippen LogP contribution >= 0.6 is 27.5 Å². The first-order valence-corrected chi connectivity index (χ1v) is 7.64. The molecule has 20 heavy (non-hydrogen) atoms. The minimum absolute atomic E-state index is 0.322. The fraction of sp³-hybridized carbons (Fsp3) is 0.250. The number of phenols is 1. The maximum atomic E-state index is 10.5. The number of aromatic hydroxyl groups is 1. The van der Waals surface area contributed by atoms with E-state index in [1.54, 1.807) is 0 Å². The summed E-state index contributed by atoms with van der Waals surface area (Å²) in [4.78, 5) is 0. The first kappa shape index (κ1) is 15.2. The van der Waals surface area contributed by atoms with Crippen LogP contribution in [0.1, 0.15) is 18.1 Å².